The molecule has 0 saturated carbocycles. The highest BCUT2D eigenvalue weighted by Gasteiger charge is 1.97. The summed E-state index contributed by atoms with van der Waals surface area (Å²) >= 11 is 0. The minimum absolute atomic E-state index is 0.164. The molecule has 1 rings (SSSR count). The van der Waals surface area contributed by atoms with Crippen molar-refractivity contribution in [1.82, 2.24) is 0 Å². The second kappa shape index (κ2) is 5.41. The Hall–Kier alpha value is -1.33. The molecular weight excluding hydrogens is 175 g/mol. The highest BCUT2D eigenvalue weighted by Crippen LogP contribution is 2.11. The zero-order valence-corrected chi connectivity index (χ0v) is 8.52. The van der Waals surface area contributed by atoms with Gasteiger partial charge in [-0.05, 0) is 42.5 Å². The van der Waals surface area contributed by atoms with Crippen LogP contribution in [0.3, 0.4) is 0 Å². The lowest BCUT2D eigenvalue weighted by molar-refractivity contribution is 0.625. The Bertz CT molecular complexity index is 346. The zero-order valence-electron chi connectivity index (χ0n) is 8.52. The summed E-state index contributed by atoms with van der Waals surface area (Å²) in [5.74, 6) is -0.164. The lowest BCUT2D eigenvalue weighted by atomic mass is 10.0. The fourth-order valence-corrected chi connectivity index (χ4v) is 1.38. The summed E-state index contributed by atoms with van der Waals surface area (Å²) in [6, 6.07) is 6.73. The maximum Gasteiger partial charge on any atom is 0.123 e. The fourth-order valence-electron chi connectivity index (χ4n) is 1.38. The number of aryl methyl sites for hydroxylation is 1. The Kier molecular flexibility index (Phi) is 4.15. The van der Waals surface area contributed by atoms with Crippen molar-refractivity contribution >= 4 is 0 Å². The van der Waals surface area contributed by atoms with Crippen LogP contribution < -0.4 is 0 Å². The Morgan fingerprint density at radius 3 is 2.86 bits per heavy atom. The Balaban J connectivity index is 2.57. The second-order valence-corrected chi connectivity index (χ2v) is 3.26. The highest BCUT2D eigenvalue weighted by molar-refractivity contribution is 5.17. The van der Waals surface area contributed by atoms with Crippen molar-refractivity contribution < 1.29 is 4.39 Å². The van der Waals surface area contributed by atoms with Crippen molar-refractivity contribution in [2.24, 2.45) is 0 Å². The van der Waals surface area contributed by atoms with Gasteiger partial charge in [-0.1, -0.05) is 25.6 Å². The van der Waals surface area contributed by atoms with Gasteiger partial charge in [0.05, 0.1) is 0 Å². The normalized spacial score (nSPS) is 9.57. The van der Waals surface area contributed by atoms with Gasteiger partial charge in [0.2, 0.25) is 0 Å². The van der Waals surface area contributed by atoms with Gasteiger partial charge in [-0.3, -0.25) is 0 Å². The number of benzene rings is 1. The summed E-state index contributed by atoms with van der Waals surface area (Å²) in [7, 11) is 0. The van der Waals surface area contributed by atoms with Crippen molar-refractivity contribution in [2.45, 2.75) is 26.2 Å². The molecule has 0 amide bonds. The van der Waals surface area contributed by atoms with Crippen LogP contribution in [0.5, 0.6) is 0 Å². The number of rotatable bonds is 4. The van der Waals surface area contributed by atoms with E-state index in [1.807, 2.05) is 6.07 Å². The Labute approximate surface area is 84.8 Å². The van der Waals surface area contributed by atoms with Gasteiger partial charge < -0.3 is 0 Å². The van der Waals surface area contributed by atoms with Crippen LogP contribution >= 0.6 is 0 Å². The first kappa shape index (κ1) is 10.7. The minimum atomic E-state index is -0.164. The van der Waals surface area contributed by atoms with Crippen molar-refractivity contribution in [2.75, 3.05) is 0 Å². The summed E-state index contributed by atoms with van der Waals surface area (Å²) in [6.07, 6.45) is 2.76. The monoisotopic (exact) mass is 190 g/mol. The SMILES string of the molecule is C=C=C(CC)CCc1cccc(F)c1. The van der Waals surface area contributed by atoms with E-state index in [0.717, 1.165) is 24.8 Å². The van der Waals surface area contributed by atoms with Crippen LogP contribution in [-0.2, 0) is 6.42 Å². The summed E-state index contributed by atoms with van der Waals surface area (Å²) in [6.45, 7) is 5.71. The minimum Gasteiger partial charge on any atom is -0.207 e. The van der Waals surface area contributed by atoms with Crippen molar-refractivity contribution in [3.63, 3.8) is 0 Å². The van der Waals surface area contributed by atoms with E-state index in [2.05, 4.69) is 19.2 Å². The third-order valence-corrected chi connectivity index (χ3v) is 2.28. The van der Waals surface area contributed by atoms with Crippen LogP contribution in [0.4, 0.5) is 4.39 Å². The summed E-state index contributed by atoms with van der Waals surface area (Å²) in [4.78, 5) is 0. The van der Waals surface area contributed by atoms with Gasteiger partial charge in [0, 0.05) is 0 Å². The average molecular weight is 190 g/mol. The van der Waals surface area contributed by atoms with Gasteiger partial charge in [-0.15, -0.1) is 5.73 Å². The molecule has 0 N–H and O–H groups in total. The topological polar surface area (TPSA) is 0 Å². The molecule has 0 unspecified atom stereocenters. The van der Waals surface area contributed by atoms with E-state index in [0.29, 0.717) is 0 Å². The van der Waals surface area contributed by atoms with E-state index >= 15 is 0 Å². The Morgan fingerprint density at radius 2 is 2.29 bits per heavy atom. The number of allylic oxidation sites excluding steroid dienone is 1. The lowest BCUT2D eigenvalue weighted by Gasteiger charge is -2.02. The first-order valence-electron chi connectivity index (χ1n) is 4.88. The van der Waals surface area contributed by atoms with Crippen molar-refractivity contribution in [1.29, 1.82) is 0 Å². The van der Waals surface area contributed by atoms with Crippen LogP contribution in [-0.4, -0.2) is 0 Å². The van der Waals surface area contributed by atoms with Gasteiger partial charge >= 0.3 is 0 Å². The van der Waals surface area contributed by atoms with Crippen LogP contribution in [0.2, 0.25) is 0 Å². The highest BCUT2D eigenvalue weighted by atomic mass is 19.1. The molecule has 0 aliphatic heterocycles. The van der Waals surface area contributed by atoms with E-state index in [-0.39, 0.29) is 5.82 Å². The standard InChI is InChI=1S/C13H15F/c1-3-11(4-2)8-9-12-6-5-7-13(14)10-12/h5-7,10H,1,4,8-9H2,2H3. The molecule has 0 spiro atoms. The third-order valence-electron chi connectivity index (χ3n) is 2.28. The van der Waals surface area contributed by atoms with E-state index < -0.39 is 0 Å². The molecule has 1 heteroatoms. The summed E-state index contributed by atoms with van der Waals surface area (Å²) in [5, 5.41) is 0. The molecule has 0 aromatic heterocycles. The lowest BCUT2D eigenvalue weighted by Crippen LogP contribution is -1.88. The third kappa shape index (κ3) is 3.20. The molecule has 0 nitrogen and oxygen atoms in total. The van der Waals surface area contributed by atoms with Gasteiger partial charge in [-0.2, -0.15) is 0 Å². The predicted molar refractivity (Wildman–Crippen MR) is 57.7 cm³/mol. The molecular formula is C13H15F. The van der Waals surface area contributed by atoms with E-state index in [4.69, 9.17) is 0 Å². The molecule has 1 aromatic rings. The maximum atomic E-state index is 12.8. The Morgan fingerprint density at radius 1 is 1.50 bits per heavy atom. The number of hydrogen-bond acceptors (Lipinski definition) is 0. The molecule has 0 saturated heterocycles. The molecule has 74 valence electrons. The number of halogens is 1. The van der Waals surface area contributed by atoms with Crippen LogP contribution in [0.1, 0.15) is 25.3 Å². The smallest absolute Gasteiger partial charge is 0.123 e. The van der Waals surface area contributed by atoms with Gasteiger partial charge in [0.1, 0.15) is 5.82 Å². The van der Waals surface area contributed by atoms with Gasteiger partial charge in [0.15, 0.2) is 0 Å². The fraction of sp³-hybridized carbons (Fsp3) is 0.308. The molecule has 1 aromatic carbocycles. The number of hydrogen-bond donors (Lipinski definition) is 0. The zero-order chi connectivity index (χ0) is 10.4. The largest absolute Gasteiger partial charge is 0.207 e. The molecule has 0 aliphatic rings. The molecule has 0 aliphatic carbocycles. The van der Waals surface area contributed by atoms with Crippen molar-refractivity contribution in [3.05, 3.63) is 53.5 Å². The van der Waals surface area contributed by atoms with Gasteiger partial charge in [-0.25, -0.2) is 4.39 Å². The summed E-state index contributed by atoms with van der Waals surface area (Å²) in [5.41, 5.74) is 5.15. The molecule has 0 radical (unpaired) electrons. The quantitative estimate of drug-likeness (QED) is 0.632. The molecule has 0 bridgehead atoms. The molecule has 0 atom stereocenters. The van der Waals surface area contributed by atoms with E-state index in [1.165, 1.54) is 11.6 Å². The van der Waals surface area contributed by atoms with Crippen molar-refractivity contribution in [3.8, 4) is 0 Å². The molecule has 0 fully saturated rings. The molecule has 0 heterocycles. The summed E-state index contributed by atoms with van der Waals surface area (Å²) < 4.78 is 12.8. The average Bonchev–Trinajstić information content (AvgIpc) is 2.19. The first-order valence-corrected chi connectivity index (χ1v) is 4.88. The predicted octanol–water partition coefficient (Wildman–Crippen LogP) is 3.88. The van der Waals surface area contributed by atoms with Crippen LogP contribution in [0.15, 0.2) is 42.1 Å². The van der Waals surface area contributed by atoms with Gasteiger partial charge in [0.25, 0.3) is 0 Å². The van der Waals surface area contributed by atoms with E-state index in [9.17, 15) is 4.39 Å². The van der Waals surface area contributed by atoms with E-state index in [1.54, 1.807) is 12.1 Å². The maximum absolute atomic E-state index is 12.8. The molecule has 14 heavy (non-hydrogen) atoms. The second-order valence-electron chi connectivity index (χ2n) is 3.26. The first-order chi connectivity index (χ1) is 6.76. The van der Waals surface area contributed by atoms with Crippen LogP contribution in [0.25, 0.3) is 0 Å². The van der Waals surface area contributed by atoms with Crippen LogP contribution in [0, 0.1) is 5.82 Å².